The third-order valence-corrected chi connectivity index (χ3v) is 9.34. The van der Waals surface area contributed by atoms with E-state index in [-0.39, 0.29) is 31.5 Å². The molecule has 0 unspecified atom stereocenters. The summed E-state index contributed by atoms with van der Waals surface area (Å²) in [5, 5.41) is 33.6. The van der Waals surface area contributed by atoms with Crippen LogP contribution in [-0.4, -0.2) is 62.9 Å². The number of aliphatic hydroxyl groups is 3. The first-order valence-corrected chi connectivity index (χ1v) is 11.6. The molecule has 8 heteroatoms. The lowest BCUT2D eigenvalue weighted by Gasteiger charge is -2.63. The molecule has 0 radical (unpaired) electrons. The van der Waals surface area contributed by atoms with E-state index in [0.29, 0.717) is 24.8 Å². The quantitative estimate of drug-likeness (QED) is 0.556. The van der Waals surface area contributed by atoms with Crippen molar-refractivity contribution in [3.8, 4) is 0 Å². The zero-order chi connectivity index (χ0) is 23.7. The van der Waals surface area contributed by atoms with E-state index in [2.05, 4.69) is 0 Å². The lowest BCUT2D eigenvalue weighted by atomic mass is 9.44. The molecule has 0 aliphatic heterocycles. The van der Waals surface area contributed by atoms with Crippen molar-refractivity contribution in [1.29, 1.82) is 0 Å². The number of halogens is 1. The van der Waals surface area contributed by atoms with Gasteiger partial charge in [-0.05, 0) is 44.1 Å². The van der Waals surface area contributed by atoms with Crippen LogP contribution < -0.4 is 0 Å². The third kappa shape index (κ3) is 2.78. The topological polar surface area (TPSA) is 121 Å². The summed E-state index contributed by atoms with van der Waals surface area (Å²) in [7, 11) is 0. The van der Waals surface area contributed by atoms with Gasteiger partial charge in [0.1, 0.15) is 5.67 Å². The lowest BCUT2D eigenvalue weighted by molar-refractivity contribution is -0.230. The number of Topliss-reactive ketones (excluding diaryl/α,β-unsaturated/α-hetero) is 1. The van der Waals surface area contributed by atoms with Gasteiger partial charge in [0.2, 0.25) is 5.78 Å². The Kier molecular flexibility index (Phi) is 5.46. The van der Waals surface area contributed by atoms with E-state index in [4.69, 9.17) is 4.74 Å². The molecule has 0 heterocycles. The van der Waals surface area contributed by atoms with Crippen LogP contribution in [0.1, 0.15) is 65.7 Å². The number of ketones is 2. The smallest absolute Gasteiger partial charge is 0.305 e. The van der Waals surface area contributed by atoms with Gasteiger partial charge in [0.05, 0.1) is 12.2 Å². The number of allylic oxidation sites excluding steroid dienone is 1. The highest BCUT2D eigenvalue weighted by atomic mass is 19.1. The van der Waals surface area contributed by atoms with Crippen molar-refractivity contribution in [3.05, 3.63) is 11.6 Å². The zero-order valence-electron chi connectivity index (χ0n) is 18.9. The molecule has 7 nitrogen and oxygen atoms in total. The lowest BCUT2D eigenvalue weighted by Crippen LogP contribution is -2.70. The zero-order valence-corrected chi connectivity index (χ0v) is 18.9. The van der Waals surface area contributed by atoms with E-state index in [1.807, 2.05) is 0 Å². The van der Waals surface area contributed by atoms with Gasteiger partial charge in [-0.25, -0.2) is 4.39 Å². The van der Waals surface area contributed by atoms with Gasteiger partial charge in [0, 0.05) is 29.6 Å². The minimum absolute atomic E-state index is 0.0115. The van der Waals surface area contributed by atoms with Crippen LogP contribution in [0.3, 0.4) is 0 Å². The second-order valence-electron chi connectivity index (χ2n) is 10.6. The Bertz CT molecular complexity index is 886. The van der Waals surface area contributed by atoms with Crippen LogP contribution in [0.25, 0.3) is 0 Å². The van der Waals surface area contributed by atoms with E-state index >= 15 is 4.39 Å². The molecule has 0 spiro atoms. The van der Waals surface area contributed by atoms with E-state index in [9.17, 15) is 29.7 Å². The maximum Gasteiger partial charge on any atom is 0.305 e. The molecule has 0 saturated heterocycles. The Morgan fingerprint density at radius 1 is 1.19 bits per heavy atom. The van der Waals surface area contributed by atoms with Crippen LogP contribution in [0.5, 0.6) is 0 Å². The molecule has 178 valence electrons. The van der Waals surface area contributed by atoms with Gasteiger partial charge in [0.15, 0.2) is 18.0 Å². The molecule has 3 fully saturated rings. The Balaban J connectivity index is 1.72. The molecule has 8 atom stereocenters. The van der Waals surface area contributed by atoms with E-state index in [1.165, 1.54) is 6.08 Å². The molecule has 32 heavy (non-hydrogen) atoms. The van der Waals surface area contributed by atoms with Gasteiger partial charge >= 0.3 is 5.97 Å². The van der Waals surface area contributed by atoms with E-state index in [1.54, 1.807) is 20.8 Å². The number of carbonyl (C=O) groups excluding carboxylic acids is 3. The van der Waals surface area contributed by atoms with Crippen molar-refractivity contribution in [2.24, 2.45) is 22.7 Å². The third-order valence-electron chi connectivity index (χ3n) is 9.34. The normalized spacial score (nSPS) is 47.7. The minimum Gasteiger partial charge on any atom is -0.458 e. The highest BCUT2D eigenvalue weighted by molar-refractivity contribution is 5.92. The summed E-state index contributed by atoms with van der Waals surface area (Å²) in [4.78, 5) is 36.5. The van der Waals surface area contributed by atoms with Crippen molar-refractivity contribution >= 4 is 17.5 Å². The maximum absolute atomic E-state index is 17.0. The van der Waals surface area contributed by atoms with Gasteiger partial charge in [-0.3, -0.25) is 14.4 Å². The summed E-state index contributed by atoms with van der Waals surface area (Å²) < 4.78 is 21.9. The number of ether oxygens (including phenoxy) is 1. The summed E-state index contributed by atoms with van der Waals surface area (Å²) in [6, 6.07) is 0. The molecule has 0 aromatic rings. The standard InChI is InChI=1S/C24H33FO7/c1-4-20(30)32-12-19(29)24(31)17(27)10-16-15-6-5-13-9-14(26)7-8-21(13,2)23(15,25)18(28)11-22(16,24)3/h9,15-18,27-28,31H,4-8,10-12H2,1-3H3/t15-,16-,17+,18-,21-,22-,23+,24-/m0/s1. The van der Waals surface area contributed by atoms with Crippen molar-refractivity contribution in [1.82, 2.24) is 0 Å². The maximum atomic E-state index is 17.0. The van der Waals surface area contributed by atoms with E-state index < -0.39 is 64.5 Å². The number of alkyl halides is 1. The molecule has 0 aromatic heterocycles. The number of rotatable bonds is 4. The van der Waals surface area contributed by atoms with Crippen molar-refractivity contribution in [2.75, 3.05) is 6.61 Å². The van der Waals surface area contributed by atoms with Crippen LogP contribution in [0.4, 0.5) is 4.39 Å². The number of carbonyl (C=O) groups is 3. The Morgan fingerprint density at radius 3 is 2.53 bits per heavy atom. The molecule has 0 aromatic carbocycles. The van der Waals surface area contributed by atoms with E-state index in [0.717, 1.165) is 0 Å². The van der Waals surface area contributed by atoms with Gasteiger partial charge in [-0.2, -0.15) is 0 Å². The number of hydrogen-bond donors (Lipinski definition) is 3. The van der Waals surface area contributed by atoms with Crippen LogP contribution in [0.15, 0.2) is 11.6 Å². The highest BCUT2D eigenvalue weighted by Crippen LogP contribution is 2.70. The second kappa shape index (κ2) is 7.43. The number of esters is 1. The molecule has 3 saturated carbocycles. The number of aliphatic hydroxyl groups excluding tert-OH is 2. The molecular formula is C24H33FO7. The van der Waals surface area contributed by atoms with Crippen LogP contribution in [-0.2, 0) is 19.1 Å². The van der Waals surface area contributed by atoms with Crippen LogP contribution >= 0.6 is 0 Å². The van der Waals surface area contributed by atoms with Gasteiger partial charge in [-0.1, -0.05) is 26.3 Å². The van der Waals surface area contributed by atoms with Gasteiger partial charge < -0.3 is 20.1 Å². The van der Waals surface area contributed by atoms with Crippen molar-refractivity contribution in [3.63, 3.8) is 0 Å². The summed E-state index contributed by atoms with van der Waals surface area (Å²) in [5.74, 6) is -2.72. The first kappa shape index (κ1) is 23.5. The fourth-order valence-corrected chi connectivity index (χ4v) is 7.45. The molecule has 4 aliphatic carbocycles. The fourth-order valence-electron chi connectivity index (χ4n) is 7.45. The predicted molar refractivity (Wildman–Crippen MR) is 111 cm³/mol. The van der Waals surface area contributed by atoms with Gasteiger partial charge in [0.25, 0.3) is 0 Å². The van der Waals surface area contributed by atoms with Crippen molar-refractivity contribution in [2.45, 2.75) is 89.2 Å². The average Bonchev–Trinajstić information content (AvgIpc) is 2.94. The van der Waals surface area contributed by atoms with Gasteiger partial charge in [-0.15, -0.1) is 0 Å². The highest BCUT2D eigenvalue weighted by Gasteiger charge is 2.76. The molecule has 4 rings (SSSR count). The minimum atomic E-state index is -2.26. The number of hydrogen-bond acceptors (Lipinski definition) is 7. The molecule has 0 bridgehead atoms. The summed E-state index contributed by atoms with van der Waals surface area (Å²) in [6.45, 7) is 4.27. The molecule has 4 aliphatic rings. The SMILES string of the molecule is CCC(=O)OCC(=O)[C@@]1(O)[C@H](O)C[C@H]2[C@@H]3CCC4=CC(=O)CC[C@]4(C)[C@]3(F)[C@@H](O)C[C@@]21C. The first-order valence-electron chi connectivity index (χ1n) is 11.6. The Hall–Kier alpha value is -1.64. The summed E-state index contributed by atoms with van der Waals surface area (Å²) in [6.07, 6.45) is -0.219. The second-order valence-corrected chi connectivity index (χ2v) is 10.6. The molecule has 3 N–H and O–H groups in total. The fraction of sp³-hybridized carbons (Fsp3) is 0.792. The molecule has 0 amide bonds. The first-order chi connectivity index (χ1) is 14.9. The molecular weight excluding hydrogens is 419 g/mol. The largest absolute Gasteiger partial charge is 0.458 e. The Morgan fingerprint density at radius 2 is 1.88 bits per heavy atom. The summed E-state index contributed by atoms with van der Waals surface area (Å²) in [5.41, 5.74) is -5.88. The predicted octanol–water partition coefficient (Wildman–Crippen LogP) is 1.81. The van der Waals surface area contributed by atoms with Crippen LogP contribution in [0, 0.1) is 22.7 Å². The Labute approximate surface area is 187 Å². The average molecular weight is 453 g/mol. The summed E-state index contributed by atoms with van der Waals surface area (Å²) >= 11 is 0. The number of fused-ring (bicyclic) bond motifs is 5. The van der Waals surface area contributed by atoms with Crippen LogP contribution in [0.2, 0.25) is 0 Å². The monoisotopic (exact) mass is 452 g/mol. The van der Waals surface area contributed by atoms with Crippen molar-refractivity contribution < 1.29 is 38.8 Å².